The van der Waals surface area contributed by atoms with Gasteiger partial charge in [0.25, 0.3) is 5.91 Å². The Morgan fingerprint density at radius 2 is 2.04 bits per heavy atom. The average molecular weight is 360 g/mol. The number of fused-ring (bicyclic) bond motifs is 1. The first kappa shape index (κ1) is 17.0. The van der Waals surface area contributed by atoms with Crippen molar-refractivity contribution in [2.75, 3.05) is 11.9 Å². The Hall–Kier alpha value is -3.41. The molecule has 2 aromatic heterocycles. The van der Waals surface area contributed by atoms with Crippen LogP contribution in [0.25, 0.3) is 11.3 Å². The molecule has 2 amide bonds. The molecule has 0 fully saturated rings. The number of carbonyl (C=O) groups is 2. The van der Waals surface area contributed by atoms with Crippen LogP contribution in [-0.4, -0.2) is 28.3 Å². The third-order valence-electron chi connectivity index (χ3n) is 4.65. The Morgan fingerprint density at radius 1 is 1.22 bits per heavy atom. The molecule has 0 saturated heterocycles. The molecular formula is C21H20N4O2. The highest BCUT2D eigenvalue weighted by Gasteiger charge is 2.26. The molecule has 4 rings (SSSR count). The van der Waals surface area contributed by atoms with Gasteiger partial charge in [-0.15, -0.1) is 0 Å². The number of amides is 2. The predicted octanol–water partition coefficient (Wildman–Crippen LogP) is 2.91. The molecule has 1 aliphatic rings. The van der Waals surface area contributed by atoms with Crippen LogP contribution in [0.4, 0.5) is 5.82 Å². The number of rotatable bonds is 4. The molecule has 0 saturated carbocycles. The second-order valence-corrected chi connectivity index (χ2v) is 6.61. The number of carbonyl (C=O) groups excluding carboxylic acids is 2. The van der Waals surface area contributed by atoms with Crippen molar-refractivity contribution in [3.63, 3.8) is 0 Å². The molecule has 136 valence electrons. The number of benzene rings is 1. The Balaban J connectivity index is 1.83. The predicted molar refractivity (Wildman–Crippen MR) is 104 cm³/mol. The van der Waals surface area contributed by atoms with Crippen LogP contribution in [0.5, 0.6) is 0 Å². The summed E-state index contributed by atoms with van der Waals surface area (Å²) in [5.74, 6) is 0.276. The number of aromatic amines is 1. The van der Waals surface area contributed by atoms with E-state index in [1.165, 1.54) is 6.92 Å². The Bertz CT molecular complexity index is 1010. The van der Waals surface area contributed by atoms with Gasteiger partial charge >= 0.3 is 0 Å². The van der Waals surface area contributed by atoms with Gasteiger partial charge in [0.1, 0.15) is 5.82 Å². The van der Waals surface area contributed by atoms with Crippen molar-refractivity contribution in [1.29, 1.82) is 0 Å². The summed E-state index contributed by atoms with van der Waals surface area (Å²) in [4.78, 5) is 31.6. The summed E-state index contributed by atoms with van der Waals surface area (Å²) in [6, 6.07) is 13.8. The van der Waals surface area contributed by atoms with Gasteiger partial charge in [-0.05, 0) is 23.3 Å². The molecule has 6 nitrogen and oxygen atoms in total. The molecule has 6 heteroatoms. The second kappa shape index (κ2) is 7.07. The van der Waals surface area contributed by atoms with E-state index in [-0.39, 0.29) is 11.8 Å². The van der Waals surface area contributed by atoms with E-state index in [0.717, 1.165) is 40.1 Å². The first-order valence-corrected chi connectivity index (χ1v) is 8.91. The van der Waals surface area contributed by atoms with Gasteiger partial charge in [0.05, 0.1) is 11.3 Å². The average Bonchev–Trinajstić information content (AvgIpc) is 3.02. The third kappa shape index (κ3) is 3.46. The van der Waals surface area contributed by atoms with Gasteiger partial charge in [0, 0.05) is 43.8 Å². The van der Waals surface area contributed by atoms with Crippen molar-refractivity contribution in [2.45, 2.75) is 19.8 Å². The topological polar surface area (TPSA) is 86.9 Å². The molecule has 3 N–H and O–H groups in total. The number of pyridine rings is 1. The van der Waals surface area contributed by atoms with E-state index in [1.54, 1.807) is 6.20 Å². The SMILES string of the molecule is CC(=O)Nc1cc(-c2[nH]c3c(c2Cc2ccccc2)C(=O)NCC3)ccn1. The molecule has 0 unspecified atom stereocenters. The lowest BCUT2D eigenvalue weighted by molar-refractivity contribution is -0.114. The summed E-state index contributed by atoms with van der Waals surface area (Å²) in [7, 11) is 0. The summed E-state index contributed by atoms with van der Waals surface area (Å²) in [5, 5.41) is 5.65. The largest absolute Gasteiger partial charge is 0.357 e. The number of hydrogen-bond acceptors (Lipinski definition) is 3. The maximum Gasteiger partial charge on any atom is 0.253 e. The van der Waals surface area contributed by atoms with Gasteiger partial charge in [0.15, 0.2) is 0 Å². The maximum absolute atomic E-state index is 12.6. The molecule has 1 aliphatic heterocycles. The first-order valence-electron chi connectivity index (χ1n) is 8.91. The van der Waals surface area contributed by atoms with E-state index in [2.05, 4.69) is 32.7 Å². The maximum atomic E-state index is 12.6. The van der Waals surface area contributed by atoms with Gasteiger partial charge in [-0.25, -0.2) is 4.98 Å². The van der Waals surface area contributed by atoms with Gasteiger partial charge in [-0.3, -0.25) is 9.59 Å². The second-order valence-electron chi connectivity index (χ2n) is 6.61. The lowest BCUT2D eigenvalue weighted by Gasteiger charge is -2.14. The van der Waals surface area contributed by atoms with Crippen LogP contribution in [0.15, 0.2) is 48.7 Å². The molecule has 1 aromatic carbocycles. The summed E-state index contributed by atoms with van der Waals surface area (Å²) < 4.78 is 0. The van der Waals surface area contributed by atoms with Crippen molar-refractivity contribution in [1.82, 2.24) is 15.3 Å². The van der Waals surface area contributed by atoms with E-state index in [0.29, 0.717) is 18.8 Å². The smallest absolute Gasteiger partial charge is 0.253 e. The molecule has 27 heavy (non-hydrogen) atoms. The van der Waals surface area contributed by atoms with Crippen LogP contribution in [0, 0.1) is 0 Å². The summed E-state index contributed by atoms with van der Waals surface area (Å²) in [6.45, 7) is 2.08. The Kier molecular flexibility index (Phi) is 4.46. The van der Waals surface area contributed by atoms with Crippen LogP contribution < -0.4 is 10.6 Å². The number of nitrogens with one attached hydrogen (secondary N) is 3. The quantitative estimate of drug-likeness (QED) is 0.669. The van der Waals surface area contributed by atoms with Crippen molar-refractivity contribution < 1.29 is 9.59 Å². The molecular weight excluding hydrogens is 340 g/mol. The van der Waals surface area contributed by atoms with E-state index in [9.17, 15) is 9.59 Å². The molecule has 0 spiro atoms. The molecule has 3 aromatic rings. The van der Waals surface area contributed by atoms with Crippen LogP contribution in [-0.2, 0) is 17.6 Å². The molecule has 0 bridgehead atoms. The highest BCUT2D eigenvalue weighted by Crippen LogP contribution is 2.32. The highest BCUT2D eigenvalue weighted by molar-refractivity contribution is 6.00. The third-order valence-corrected chi connectivity index (χ3v) is 4.65. The normalized spacial score (nSPS) is 13.0. The number of hydrogen-bond donors (Lipinski definition) is 3. The molecule has 3 heterocycles. The van der Waals surface area contributed by atoms with E-state index < -0.39 is 0 Å². The first-order chi connectivity index (χ1) is 13.1. The Morgan fingerprint density at radius 3 is 2.81 bits per heavy atom. The summed E-state index contributed by atoms with van der Waals surface area (Å²) >= 11 is 0. The number of anilines is 1. The number of H-pyrrole nitrogens is 1. The molecule has 0 atom stereocenters. The lowest BCUT2D eigenvalue weighted by Crippen LogP contribution is -2.32. The minimum absolute atomic E-state index is 0.0409. The van der Waals surface area contributed by atoms with Crippen molar-refractivity contribution in [3.05, 3.63) is 71.0 Å². The monoisotopic (exact) mass is 360 g/mol. The van der Waals surface area contributed by atoms with Gasteiger partial charge in [-0.2, -0.15) is 0 Å². The molecule has 0 radical (unpaired) electrons. The van der Waals surface area contributed by atoms with Gasteiger partial charge < -0.3 is 15.6 Å². The van der Waals surface area contributed by atoms with Crippen LogP contribution in [0.1, 0.15) is 34.1 Å². The van der Waals surface area contributed by atoms with Gasteiger partial charge in [0.2, 0.25) is 5.91 Å². The minimum Gasteiger partial charge on any atom is -0.357 e. The zero-order chi connectivity index (χ0) is 18.8. The van der Waals surface area contributed by atoms with E-state index in [4.69, 9.17) is 0 Å². The summed E-state index contributed by atoms with van der Waals surface area (Å²) in [6.07, 6.45) is 3.08. The van der Waals surface area contributed by atoms with Crippen molar-refractivity contribution >= 4 is 17.6 Å². The van der Waals surface area contributed by atoms with Crippen molar-refractivity contribution in [2.24, 2.45) is 0 Å². The minimum atomic E-state index is -0.172. The fraction of sp³-hybridized carbons (Fsp3) is 0.190. The zero-order valence-electron chi connectivity index (χ0n) is 15.0. The van der Waals surface area contributed by atoms with Crippen molar-refractivity contribution in [3.8, 4) is 11.3 Å². The van der Waals surface area contributed by atoms with Gasteiger partial charge in [-0.1, -0.05) is 30.3 Å². The number of aromatic nitrogens is 2. The van der Waals surface area contributed by atoms with Crippen LogP contribution >= 0.6 is 0 Å². The van der Waals surface area contributed by atoms with Crippen LogP contribution in [0.3, 0.4) is 0 Å². The van der Waals surface area contributed by atoms with E-state index >= 15 is 0 Å². The Labute approximate surface area is 157 Å². The fourth-order valence-corrected chi connectivity index (χ4v) is 3.50. The highest BCUT2D eigenvalue weighted by atomic mass is 16.2. The van der Waals surface area contributed by atoms with E-state index in [1.807, 2.05) is 30.3 Å². The number of nitrogens with zero attached hydrogens (tertiary/aromatic N) is 1. The lowest BCUT2D eigenvalue weighted by atomic mass is 9.95. The van der Waals surface area contributed by atoms with Crippen LogP contribution in [0.2, 0.25) is 0 Å². The zero-order valence-corrected chi connectivity index (χ0v) is 15.0. The fourth-order valence-electron chi connectivity index (χ4n) is 3.50. The summed E-state index contributed by atoms with van der Waals surface area (Å²) in [5.41, 5.74) is 5.58. The standard InChI is InChI=1S/C21H20N4O2/c1-13(26)24-18-12-15(7-9-22-18)20-16(11-14-5-3-2-4-6-14)19-17(25-20)8-10-23-21(19)27/h2-7,9,12,25H,8,10-11H2,1H3,(H,23,27)(H,22,24,26). The molecule has 0 aliphatic carbocycles.